The summed E-state index contributed by atoms with van der Waals surface area (Å²) in [6, 6.07) is 4.29. The second-order valence-corrected chi connectivity index (χ2v) is 14.7. The van der Waals surface area contributed by atoms with Crippen molar-refractivity contribution in [1.29, 1.82) is 5.26 Å². The minimum Gasteiger partial charge on any atom is -0.473 e. The van der Waals surface area contributed by atoms with Crippen LogP contribution in [0.4, 0.5) is 15.2 Å². The molecule has 2 aliphatic heterocycles. The number of alkyl halides is 1. The van der Waals surface area contributed by atoms with Crippen molar-refractivity contribution in [3.63, 3.8) is 0 Å². The molecule has 4 atom stereocenters. The van der Waals surface area contributed by atoms with Crippen molar-refractivity contribution >= 4 is 22.2 Å². The van der Waals surface area contributed by atoms with Gasteiger partial charge in [0.15, 0.2) is 17.3 Å². The normalized spacial score (nSPS) is 28.1. The van der Waals surface area contributed by atoms with Gasteiger partial charge in [-0.3, -0.25) is 4.90 Å². The lowest BCUT2D eigenvalue weighted by Crippen LogP contribution is -2.52. The van der Waals surface area contributed by atoms with Gasteiger partial charge in [-0.25, -0.2) is 9.37 Å². The van der Waals surface area contributed by atoms with E-state index < -0.39 is 11.6 Å². The van der Waals surface area contributed by atoms with Gasteiger partial charge < -0.3 is 25.2 Å². The lowest BCUT2D eigenvalue weighted by atomic mass is 9.63. The molecule has 1 saturated carbocycles. The Bertz CT molecular complexity index is 1640. The third-order valence-electron chi connectivity index (χ3n) is 10.7. The van der Waals surface area contributed by atoms with Crippen LogP contribution < -0.4 is 20.7 Å². The number of nitriles is 1. The summed E-state index contributed by atoms with van der Waals surface area (Å²) in [5.74, 6) is 2.60. The van der Waals surface area contributed by atoms with E-state index in [1.54, 1.807) is 11.3 Å². The summed E-state index contributed by atoms with van der Waals surface area (Å²) in [7, 11) is 1.95. The van der Waals surface area contributed by atoms with E-state index in [4.69, 9.17) is 25.0 Å². The van der Waals surface area contributed by atoms with Crippen LogP contribution in [0.2, 0.25) is 0 Å². The van der Waals surface area contributed by atoms with Crippen LogP contribution in [0.15, 0.2) is 10.6 Å². The van der Waals surface area contributed by atoms with Crippen molar-refractivity contribution in [3.8, 4) is 23.5 Å². The molecule has 12 heteroatoms. The Hall–Kier alpha value is -3.27. The van der Waals surface area contributed by atoms with Gasteiger partial charge in [-0.2, -0.15) is 10.2 Å². The van der Waals surface area contributed by atoms with Crippen LogP contribution in [0.25, 0.3) is 11.5 Å². The van der Waals surface area contributed by atoms with Crippen LogP contribution in [-0.2, 0) is 18.3 Å². The molecule has 44 heavy (non-hydrogen) atoms. The second-order valence-electron chi connectivity index (χ2n) is 13.6. The Labute approximate surface area is 260 Å². The summed E-state index contributed by atoms with van der Waals surface area (Å²) >= 11 is 1.54. The molecule has 3 aromatic rings. The highest BCUT2D eigenvalue weighted by atomic mass is 32.1. The van der Waals surface area contributed by atoms with Crippen LogP contribution >= 0.6 is 11.3 Å². The topological polar surface area (TPSA) is 129 Å². The minimum atomic E-state index is -0.849. The highest BCUT2D eigenvalue weighted by molar-refractivity contribution is 7.16. The first-order chi connectivity index (χ1) is 21.3. The molecule has 0 unspecified atom stereocenters. The molecule has 0 aromatic carbocycles. The SMILES string of the molecule is C[C@H](Oc1cc(N2CCNC3(CC3)C2)nc(-c2noc3c2CCC[C@@]32CCCc3sc(N)c(C#N)c32)n1)[C@@H]1C[C@@H](F)CN1C. The van der Waals surface area contributed by atoms with E-state index in [1.165, 1.54) is 17.7 Å². The monoisotopic (exact) mass is 618 g/mol. The van der Waals surface area contributed by atoms with Gasteiger partial charge in [0.25, 0.3) is 0 Å². The fraction of sp³-hybridized carbons (Fsp3) is 0.625. The number of hydrogen-bond donors (Lipinski definition) is 2. The third kappa shape index (κ3) is 4.50. The fourth-order valence-corrected chi connectivity index (χ4v) is 9.54. The highest BCUT2D eigenvalue weighted by Gasteiger charge is 2.49. The molecule has 0 amide bonds. The predicted octanol–water partition coefficient (Wildman–Crippen LogP) is 4.36. The molecule has 2 spiro atoms. The first kappa shape index (κ1) is 28.2. The number of likely N-dealkylation sites (N-methyl/N-ethyl adjacent to an activating group) is 1. The molecule has 232 valence electrons. The lowest BCUT2D eigenvalue weighted by molar-refractivity contribution is 0.117. The predicted molar refractivity (Wildman–Crippen MR) is 166 cm³/mol. The summed E-state index contributed by atoms with van der Waals surface area (Å²) in [4.78, 5) is 15.6. The van der Waals surface area contributed by atoms with Crippen LogP contribution in [-0.4, -0.2) is 77.1 Å². The zero-order valence-corrected chi connectivity index (χ0v) is 26.2. The quantitative estimate of drug-likeness (QED) is 0.426. The maximum atomic E-state index is 14.2. The van der Waals surface area contributed by atoms with E-state index in [9.17, 15) is 9.65 Å². The number of fused-ring (bicyclic) bond motifs is 4. The van der Waals surface area contributed by atoms with Crippen LogP contribution in [0.3, 0.4) is 0 Å². The lowest BCUT2D eigenvalue weighted by Gasteiger charge is -2.39. The van der Waals surface area contributed by atoms with Crippen LogP contribution in [0.1, 0.15) is 79.2 Å². The Balaban J connectivity index is 1.20. The first-order valence-electron chi connectivity index (χ1n) is 16.0. The molecule has 3 N–H and O–H groups in total. The van der Waals surface area contributed by atoms with Gasteiger partial charge in [0.2, 0.25) is 5.88 Å². The standard InChI is InChI=1S/C32H39FN8O2S/c1-18(22-13-19(33)16-40(22)2)42-25-14-24(41-12-11-36-31(17-41)9-10-31)37-30(38-25)27-20-5-3-7-32(28(20)43-39-27)8-4-6-23-26(32)21(15-34)29(35)44-23/h14,18-19,22,36H,3-13,16-17,35H2,1-2H3/t18-,19+,22-,32-/m0/s1. The summed E-state index contributed by atoms with van der Waals surface area (Å²) in [5, 5.41) is 19.0. The highest BCUT2D eigenvalue weighted by Crippen LogP contribution is 2.55. The van der Waals surface area contributed by atoms with E-state index in [0.29, 0.717) is 40.9 Å². The molecule has 0 bridgehead atoms. The number of likely N-dealkylation sites (tertiary alicyclic amines) is 1. The van der Waals surface area contributed by atoms with Crippen molar-refractivity contribution in [3.05, 3.63) is 33.4 Å². The number of nitrogens with zero attached hydrogens (tertiary/aromatic N) is 6. The molecule has 5 heterocycles. The number of nitrogens with two attached hydrogens (primary N) is 1. The molecule has 0 radical (unpaired) electrons. The number of thiophene rings is 1. The van der Waals surface area contributed by atoms with E-state index >= 15 is 0 Å². The van der Waals surface area contributed by atoms with Crippen LogP contribution in [0, 0.1) is 11.3 Å². The van der Waals surface area contributed by atoms with Gasteiger partial charge in [-0.05, 0) is 77.3 Å². The number of anilines is 2. The van der Waals surface area contributed by atoms with Crippen molar-refractivity contribution in [2.75, 3.05) is 43.9 Å². The number of ether oxygens (including phenoxy) is 1. The molecule has 2 saturated heterocycles. The van der Waals surface area contributed by atoms with Crippen molar-refractivity contribution in [2.45, 2.75) is 94.0 Å². The summed E-state index contributed by atoms with van der Waals surface area (Å²) in [6.07, 6.45) is 7.15. The second kappa shape index (κ2) is 10.4. The summed E-state index contributed by atoms with van der Waals surface area (Å²) in [6.45, 7) is 5.02. The van der Waals surface area contributed by atoms with Crippen molar-refractivity contribution < 1.29 is 13.7 Å². The number of rotatable bonds is 5. The number of aryl methyl sites for hydroxylation is 1. The average molecular weight is 619 g/mol. The van der Waals surface area contributed by atoms with Gasteiger partial charge in [-0.15, -0.1) is 11.3 Å². The molecular weight excluding hydrogens is 579 g/mol. The number of hydrogen-bond acceptors (Lipinski definition) is 11. The third-order valence-corrected chi connectivity index (χ3v) is 11.8. The van der Waals surface area contributed by atoms with Crippen molar-refractivity contribution in [2.24, 2.45) is 0 Å². The van der Waals surface area contributed by atoms with Gasteiger partial charge in [-0.1, -0.05) is 5.16 Å². The molecule has 8 rings (SSSR count). The number of nitrogen functional groups attached to an aromatic ring is 1. The number of nitrogens with one attached hydrogen (secondary N) is 1. The summed E-state index contributed by atoms with van der Waals surface area (Å²) in [5.41, 5.74) is 9.41. The van der Waals surface area contributed by atoms with E-state index in [1.807, 2.05) is 24.9 Å². The maximum Gasteiger partial charge on any atom is 0.219 e. The van der Waals surface area contributed by atoms with Gasteiger partial charge >= 0.3 is 0 Å². The Kier molecular flexibility index (Phi) is 6.66. The van der Waals surface area contributed by atoms with Crippen molar-refractivity contribution in [1.82, 2.24) is 25.3 Å². The fourth-order valence-electron chi connectivity index (χ4n) is 8.38. The summed E-state index contributed by atoms with van der Waals surface area (Å²) < 4.78 is 27.0. The number of piperazine rings is 1. The average Bonchev–Trinajstić information content (AvgIpc) is 3.30. The molecule has 10 nitrogen and oxygen atoms in total. The smallest absolute Gasteiger partial charge is 0.219 e. The molecule has 3 aliphatic carbocycles. The molecule has 5 aliphatic rings. The van der Waals surface area contributed by atoms with Gasteiger partial charge in [0.1, 0.15) is 29.2 Å². The van der Waals surface area contributed by atoms with Gasteiger partial charge in [0.05, 0.1) is 11.0 Å². The minimum absolute atomic E-state index is 0.0340. The zero-order chi connectivity index (χ0) is 30.2. The maximum absolute atomic E-state index is 14.2. The molecule has 3 aromatic heterocycles. The number of halogens is 1. The Morgan fingerprint density at radius 2 is 2.07 bits per heavy atom. The Morgan fingerprint density at radius 3 is 2.82 bits per heavy atom. The van der Waals surface area contributed by atoms with E-state index in [-0.39, 0.29) is 17.7 Å². The molecular formula is C32H39FN8O2S. The first-order valence-corrected chi connectivity index (χ1v) is 16.8. The van der Waals surface area contributed by atoms with E-state index in [0.717, 1.165) is 80.9 Å². The Morgan fingerprint density at radius 1 is 1.25 bits per heavy atom. The van der Waals surface area contributed by atoms with Gasteiger partial charge in [0, 0.05) is 54.3 Å². The van der Waals surface area contributed by atoms with E-state index in [2.05, 4.69) is 21.4 Å². The zero-order valence-electron chi connectivity index (χ0n) is 25.4. The largest absolute Gasteiger partial charge is 0.473 e. The van der Waals surface area contributed by atoms with Crippen LogP contribution in [0.5, 0.6) is 5.88 Å². The molecule has 3 fully saturated rings. The number of aromatic nitrogens is 3.